The topological polar surface area (TPSA) is 58.9 Å². The van der Waals surface area contributed by atoms with Crippen LogP contribution in [0.25, 0.3) is 0 Å². The zero-order chi connectivity index (χ0) is 11.1. The predicted molar refractivity (Wildman–Crippen MR) is 65.9 cm³/mol. The van der Waals surface area contributed by atoms with Crippen molar-refractivity contribution in [1.82, 2.24) is 0 Å². The number of fused-ring (bicyclic) bond motifs is 2. The molecule has 0 spiro atoms. The lowest BCUT2D eigenvalue weighted by atomic mass is 10.0. The molecule has 2 atom stereocenters. The Hall–Kier alpha value is 1.14. The summed E-state index contributed by atoms with van der Waals surface area (Å²) in [7, 11) is -2.35. The van der Waals surface area contributed by atoms with Gasteiger partial charge >= 0.3 is 0 Å². The van der Waals surface area contributed by atoms with E-state index in [-0.39, 0.29) is 5.16 Å². The van der Waals surface area contributed by atoms with Crippen molar-refractivity contribution >= 4 is 37.3 Å². The van der Waals surface area contributed by atoms with E-state index in [0.29, 0.717) is 5.92 Å². The van der Waals surface area contributed by atoms with Crippen LogP contribution in [0.1, 0.15) is 32.1 Å². The summed E-state index contributed by atoms with van der Waals surface area (Å²) >= 11 is 9.61. The van der Waals surface area contributed by atoms with Crippen molar-refractivity contribution in [2.45, 2.75) is 37.3 Å². The summed E-state index contributed by atoms with van der Waals surface area (Å²) in [6, 6.07) is 0. The summed E-state index contributed by atoms with van der Waals surface area (Å²) in [6.07, 6.45) is 5.01. The van der Waals surface area contributed by atoms with Gasteiger partial charge in [-0.05, 0) is 61.6 Å². The van der Waals surface area contributed by atoms with Crippen molar-refractivity contribution in [2.24, 2.45) is 5.92 Å². The van der Waals surface area contributed by atoms with E-state index in [1.54, 1.807) is 0 Å². The predicted octanol–water partition coefficient (Wildman–Crippen LogP) is 2.07. The van der Waals surface area contributed by atoms with Gasteiger partial charge in [0.05, 0.1) is 0 Å². The van der Waals surface area contributed by atoms with Crippen molar-refractivity contribution in [1.29, 1.82) is 0 Å². The fraction of sp³-hybridized carbons (Fsp3) is 1.00. The monoisotopic (exact) mass is 288 g/mol. The Balaban J connectivity index is 2.08. The molecule has 88 valence electrons. The molecule has 15 heavy (non-hydrogen) atoms. The molecule has 0 heterocycles. The summed E-state index contributed by atoms with van der Waals surface area (Å²) < 4.78 is 9.40. The molecule has 0 aromatic carbocycles. The molecular weight excluding hydrogens is 274 g/mol. The van der Waals surface area contributed by atoms with Crippen LogP contribution in [0.4, 0.5) is 0 Å². The third-order valence-corrected chi connectivity index (χ3v) is 7.53. The number of hydrogen-bond acceptors (Lipinski definition) is 4. The van der Waals surface area contributed by atoms with E-state index in [2.05, 4.69) is 16.5 Å². The second-order valence-electron chi connectivity index (χ2n) is 4.32. The Morgan fingerprint density at radius 1 is 1.40 bits per heavy atom. The van der Waals surface area contributed by atoms with Crippen molar-refractivity contribution in [2.75, 3.05) is 0 Å². The van der Waals surface area contributed by atoms with E-state index in [0.717, 1.165) is 32.1 Å². The standard InChI is InChI=1S/C7H14O4P2S2/c8-12(14)10-11-13(9,15)7-3-1-6(5-7)2-4-7/h6,12H,1-5H2,(H,8,14)(H,9,15). The highest BCUT2D eigenvalue weighted by Gasteiger charge is 2.54. The summed E-state index contributed by atoms with van der Waals surface area (Å²) in [5, 5.41) is -0.264. The zero-order valence-corrected chi connectivity index (χ0v) is 11.6. The molecule has 2 aliphatic carbocycles. The first-order chi connectivity index (χ1) is 6.95. The van der Waals surface area contributed by atoms with Crippen LogP contribution in [-0.4, -0.2) is 14.9 Å². The highest BCUT2D eigenvalue weighted by molar-refractivity contribution is 8.10. The van der Waals surface area contributed by atoms with Crippen molar-refractivity contribution in [3.63, 3.8) is 0 Å². The van der Waals surface area contributed by atoms with E-state index in [9.17, 15) is 4.89 Å². The van der Waals surface area contributed by atoms with Crippen molar-refractivity contribution in [3.05, 3.63) is 0 Å². The van der Waals surface area contributed by atoms with Gasteiger partial charge in [-0.15, -0.1) is 0 Å². The van der Waals surface area contributed by atoms with Crippen LogP contribution in [0.3, 0.4) is 0 Å². The van der Waals surface area contributed by atoms with Crippen LogP contribution in [0.15, 0.2) is 0 Å². The van der Waals surface area contributed by atoms with Crippen LogP contribution in [0, 0.1) is 5.92 Å². The van der Waals surface area contributed by atoms with E-state index in [1.807, 2.05) is 0 Å². The maximum atomic E-state index is 10.2. The van der Waals surface area contributed by atoms with Gasteiger partial charge in [0.25, 0.3) is 0 Å². The molecule has 2 fully saturated rings. The van der Waals surface area contributed by atoms with E-state index in [4.69, 9.17) is 21.4 Å². The molecule has 0 amide bonds. The maximum absolute atomic E-state index is 10.2. The third kappa shape index (κ3) is 2.38. The lowest BCUT2D eigenvalue weighted by Crippen LogP contribution is -2.23. The molecule has 2 unspecified atom stereocenters. The first-order valence-electron chi connectivity index (χ1n) is 4.87. The van der Waals surface area contributed by atoms with Crippen molar-refractivity contribution < 1.29 is 19.1 Å². The van der Waals surface area contributed by atoms with Crippen LogP contribution in [0.5, 0.6) is 0 Å². The first-order valence-corrected chi connectivity index (χ1v) is 10.0. The fourth-order valence-corrected chi connectivity index (χ4v) is 6.17. The second kappa shape index (κ2) is 4.43. The van der Waals surface area contributed by atoms with E-state index in [1.165, 1.54) is 0 Å². The van der Waals surface area contributed by atoms with Crippen LogP contribution < -0.4 is 0 Å². The van der Waals surface area contributed by atoms with E-state index < -0.39 is 13.6 Å². The Morgan fingerprint density at radius 2 is 2.00 bits per heavy atom. The average molecular weight is 288 g/mol. The molecule has 2 bridgehead atoms. The molecule has 2 N–H and O–H groups in total. The minimum atomic E-state index is -2.97. The molecule has 2 saturated carbocycles. The van der Waals surface area contributed by atoms with Gasteiger partial charge in [-0.2, -0.15) is 9.35 Å². The van der Waals surface area contributed by atoms with Gasteiger partial charge in [0.1, 0.15) is 0 Å². The minimum Gasteiger partial charge on any atom is -0.345 e. The summed E-state index contributed by atoms with van der Waals surface area (Å²) in [5.41, 5.74) is 0. The van der Waals surface area contributed by atoms with Gasteiger partial charge in [0, 0.05) is 5.16 Å². The average Bonchev–Trinajstić information content (AvgIpc) is 2.76. The lowest BCUT2D eigenvalue weighted by Gasteiger charge is -2.32. The molecule has 0 aromatic rings. The van der Waals surface area contributed by atoms with Crippen LogP contribution in [0.2, 0.25) is 0 Å². The van der Waals surface area contributed by atoms with Crippen LogP contribution in [-0.2, 0) is 33.0 Å². The van der Waals surface area contributed by atoms with Crippen molar-refractivity contribution in [3.8, 4) is 0 Å². The van der Waals surface area contributed by atoms with Gasteiger partial charge in [0.2, 0.25) is 13.6 Å². The van der Waals surface area contributed by atoms with Gasteiger partial charge in [-0.3, -0.25) is 0 Å². The Morgan fingerprint density at radius 3 is 2.40 bits per heavy atom. The van der Waals surface area contributed by atoms with Gasteiger partial charge in [0.15, 0.2) is 0 Å². The quantitative estimate of drug-likeness (QED) is 0.469. The molecule has 8 heteroatoms. The third-order valence-electron chi connectivity index (χ3n) is 3.51. The molecule has 0 radical (unpaired) electrons. The Labute approximate surface area is 99.7 Å². The maximum Gasteiger partial charge on any atom is 0.226 e. The molecule has 2 rings (SSSR count). The summed E-state index contributed by atoms with van der Waals surface area (Å²) in [6.45, 7) is -2.97. The molecule has 4 nitrogen and oxygen atoms in total. The SMILES string of the molecule is O[PH](=S)OOP(O)(=S)C12CCC(CC1)C2. The lowest BCUT2D eigenvalue weighted by molar-refractivity contribution is -0.0959. The minimum absolute atomic E-state index is 0.264. The first kappa shape index (κ1) is 12.6. The van der Waals surface area contributed by atoms with Gasteiger partial charge < -0.3 is 9.79 Å². The van der Waals surface area contributed by atoms with E-state index >= 15 is 0 Å². The number of hydrogen-bond donors (Lipinski definition) is 2. The highest BCUT2D eigenvalue weighted by atomic mass is 32.5. The smallest absolute Gasteiger partial charge is 0.226 e. The van der Waals surface area contributed by atoms with Gasteiger partial charge in [-0.25, -0.2) is 0 Å². The second-order valence-corrected chi connectivity index (χ2v) is 9.69. The molecular formula is C7H14O4P2S2. The highest BCUT2D eigenvalue weighted by Crippen LogP contribution is 2.70. The molecule has 0 aromatic heterocycles. The zero-order valence-electron chi connectivity index (χ0n) is 8.09. The summed E-state index contributed by atoms with van der Waals surface area (Å²) in [5.74, 6) is 0.686. The fourth-order valence-electron chi connectivity index (χ4n) is 2.72. The molecule has 0 aliphatic heterocycles. The Bertz CT molecular complexity index is 327. The normalized spacial score (nSPS) is 40.3. The van der Waals surface area contributed by atoms with Crippen LogP contribution >= 0.6 is 13.6 Å². The largest absolute Gasteiger partial charge is 0.345 e. The molecule has 2 aliphatic rings. The van der Waals surface area contributed by atoms with Gasteiger partial charge in [-0.1, -0.05) is 0 Å². The Kier molecular flexibility index (Phi) is 3.72. The molecule has 0 saturated heterocycles. The number of rotatable bonds is 4. The summed E-state index contributed by atoms with van der Waals surface area (Å²) in [4.78, 5) is 19.0.